The molecule has 1 N–H and O–H groups in total. The zero-order valence-electron chi connectivity index (χ0n) is 7.99. The molecule has 0 amide bonds. The van der Waals surface area contributed by atoms with Crippen LogP contribution >= 0.6 is 11.6 Å². The summed E-state index contributed by atoms with van der Waals surface area (Å²) in [6.45, 7) is 1.64. The van der Waals surface area contributed by atoms with Crippen molar-refractivity contribution in [2.24, 2.45) is 0 Å². The number of pyridine rings is 1. The van der Waals surface area contributed by atoms with Gasteiger partial charge in [0.1, 0.15) is 5.15 Å². The number of carbonyl (C=O) groups is 1. The topological polar surface area (TPSA) is 50.2 Å². The molecular formula is C11H8ClNO2. The van der Waals surface area contributed by atoms with Crippen LogP contribution in [0.25, 0.3) is 10.8 Å². The molecule has 1 aromatic carbocycles. The molecule has 0 radical (unpaired) electrons. The maximum Gasteiger partial charge on any atom is 0.338 e. The first-order chi connectivity index (χ1) is 7.11. The summed E-state index contributed by atoms with van der Waals surface area (Å²) < 4.78 is 0. The van der Waals surface area contributed by atoms with E-state index in [-0.39, 0.29) is 5.56 Å². The Morgan fingerprint density at radius 1 is 1.33 bits per heavy atom. The molecule has 2 aromatic rings. The van der Waals surface area contributed by atoms with E-state index in [1.54, 1.807) is 31.2 Å². The summed E-state index contributed by atoms with van der Waals surface area (Å²) in [5.41, 5.74) is 0.654. The number of aromatic carboxylic acids is 1. The maximum absolute atomic E-state index is 11.1. The van der Waals surface area contributed by atoms with Gasteiger partial charge in [-0.05, 0) is 6.92 Å². The van der Waals surface area contributed by atoms with Crippen molar-refractivity contribution in [1.29, 1.82) is 0 Å². The predicted molar refractivity (Wildman–Crippen MR) is 58.4 cm³/mol. The Labute approximate surface area is 91.3 Å². The number of fused-ring (bicyclic) bond motifs is 1. The van der Waals surface area contributed by atoms with Crippen molar-refractivity contribution in [2.75, 3.05) is 0 Å². The van der Waals surface area contributed by atoms with Gasteiger partial charge in [0.2, 0.25) is 0 Å². The minimum atomic E-state index is -0.979. The van der Waals surface area contributed by atoms with Crippen LogP contribution in [0.3, 0.4) is 0 Å². The number of hydrogen-bond donors (Lipinski definition) is 1. The Balaban J connectivity index is 2.96. The van der Waals surface area contributed by atoms with Crippen LogP contribution in [-0.2, 0) is 0 Å². The Bertz CT molecular complexity index is 552. The summed E-state index contributed by atoms with van der Waals surface area (Å²) in [5.74, 6) is -0.979. The molecule has 3 nitrogen and oxygen atoms in total. The second kappa shape index (κ2) is 3.51. The zero-order valence-corrected chi connectivity index (χ0v) is 8.75. The molecule has 1 heterocycles. The molecule has 0 unspecified atom stereocenters. The highest BCUT2D eigenvalue weighted by Gasteiger charge is 2.14. The maximum atomic E-state index is 11.1. The van der Waals surface area contributed by atoms with Gasteiger partial charge in [0.05, 0.1) is 11.3 Å². The molecule has 0 fully saturated rings. The molecule has 0 atom stereocenters. The molecule has 15 heavy (non-hydrogen) atoms. The predicted octanol–water partition coefficient (Wildman–Crippen LogP) is 2.89. The van der Waals surface area contributed by atoms with Gasteiger partial charge in [-0.3, -0.25) is 0 Å². The molecule has 2 rings (SSSR count). The third kappa shape index (κ3) is 1.55. The SMILES string of the molecule is Cc1nc(Cl)c2ccccc2c1C(=O)O. The minimum absolute atomic E-state index is 0.218. The second-order valence-electron chi connectivity index (χ2n) is 3.21. The van der Waals surface area contributed by atoms with Crippen LogP contribution in [0.4, 0.5) is 0 Å². The van der Waals surface area contributed by atoms with E-state index < -0.39 is 5.97 Å². The molecule has 0 spiro atoms. The van der Waals surface area contributed by atoms with Crippen molar-refractivity contribution in [2.45, 2.75) is 6.92 Å². The van der Waals surface area contributed by atoms with Crippen molar-refractivity contribution in [3.63, 3.8) is 0 Å². The summed E-state index contributed by atoms with van der Waals surface area (Å²) in [7, 11) is 0. The van der Waals surface area contributed by atoms with Crippen LogP contribution in [0.15, 0.2) is 24.3 Å². The molecule has 0 saturated carbocycles. The molecule has 4 heteroatoms. The van der Waals surface area contributed by atoms with Gasteiger partial charge in [-0.2, -0.15) is 0 Å². The van der Waals surface area contributed by atoms with Crippen molar-refractivity contribution in [3.8, 4) is 0 Å². The number of benzene rings is 1. The lowest BCUT2D eigenvalue weighted by Gasteiger charge is -2.06. The Morgan fingerprint density at radius 2 is 1.93 bits per heavy atom. The number of rotatable bonds is 1. The summed E-state index contributed by atoms with van der Waals surface area (Å²) in [5, 5.41) is 10.7. The van der Waals surface area contributed by atoms with E-state index in [0.717, 1.165) is 0 Å². The highest BCUT2D eigenvalue weighted by molar-refractivity contribution is 6.34. The molecule has 0 saturated heterocycles. The van der Waals surface area contributed by atoms with Gasteiger partial charge in [0.15, 0.2) is 0 Å². The van der Waals surface area contributed by atoms with Crippen LogP contribution in [0.2, 0.25) is 5.15 Å². The molecule has 0 aliphatic heterocycles. The fourth-order valence-corrected chi connectivity index (χ4v) is 1.90. The smallest absolute Gasteiger partial charge is 0.338 e. The minimum Gasteiger partial charge on any atom is -0.478 e. The average molecular weight is 222 g/mol. The van der Waals surface area contributed by atoms with Gasteiger partial charge in [-0.15, -0.1) is 0 Å². The van der Waals surface area contributed by atoms with Crippen LogP contribution in [0.1, 0.15) is 16.1 Å². The number of carboxylic acid groups (broad SMARTS) is 1. The van der Waals surface area contributed by atoms with Gasteiger partial charge in [0, 0.05) is 10.8 Å². The van der Waals surface area contributed by atoms with E-state index in [2.05, 4.69) is 4.98 Å². The van der Waals surface area contributed by atoms with Gasteiger partial charge in [-0.25, -0.2) is 9.78 Å². The normalized spacial score (nSPS) is 10.5. The van der Waals surface area contributed by atoms with Crippen LogP contribution in [-0.4, -0.2) is 16.1 Å². The molecule has 0 aliphatic rings. The fraction of sp³-hybridized carbons (Fsp3) is 0.0909. The first kappa shape index (κ1) is 9.93. The highest BCUT2D eigenvalue weighted by atomic mass is 35.5. The van der Waals surface area contributed by atoms with E-state index in [9.17, 15) is 4.79 Å². The van der Waals surface area contributed by atoms with Crippen molar-refractivity contribution in [1.82, 2.24) is 4.98 Å². The number of hydrogen-bond acceptors (Lipinski definition) is 2. The van der Waals surface area contributed by atoms with Crippen LogP contribution in [0, 0.1) is 6.92 Å². The monoisotopic (exact) mass is 221 g/mol. The first-order valence-electron chi connectivity index (χ1n) is 4.39. The van der Waals surface area contributed by atoms with E-state index in [4.69, 9.17) is 16.7 Å². The Kier molecular flexibility index (Phi) is 2.32. The van der Waals surface area contributed by atoms with Crippen molar-refractivity contribution in [3.05, 3.63) is 40.7 Å². The first-order valence-corrected chi connectivity index (χ1v) is 4.77. The van der Waals surface area contributed by atoms with E-state index in [0.29, 0.717) is 21.6 Å². The number of aryl methyl sites for hydroxylation is 1. The largest absolute Gasteiger partial charge is 0.478 e. The number of carboxylic acids is 1. The summed E-state index contributed by atoms with van der Waals surface area (Å²) in [6, 6.07) is 7.08. The van der Waals surface area contributed by atoms with Gasteiger partial charge < -0.3 is 5.11 Å². The lowest BCUT2D eigenvalue weighted by atomic mass is 10.1. The van der Waals surface area contributed by atoms with Crippen LogP contribution < -0.4 is 0 Å². The van der Waals surface area contributed by atoms with Gasteiger partial charge in [-0.1, -0.05) is 35.9 Å². The highest BCUT2D eigenvalue weighted by Crippen LogP contribution is 2.26. The standard InChI is InChI=1S/C11H8ClNO2/c1-6-9(11(14)15)7-4-2-3-5-8(7)10(12)13-6/h2-5H,1H3,(H,14,15). The fourth-order valence-electron chi connectivity index (χ4n) is 1.61. The number of aromatic nitrogens is 1. The van der Waals surface area contributed by atoms with Gasteiger partial charge in [0.25, 0.3) is 0 Å². The quantitative estimate of drug-likeness (QED) is 0.754. The molecule has 0 aliphatic carbocycles. The van der Waals surface area contributed by atoms with Gasteiger partial charge >= 0.3 is 5.97 Å². The molecule has 76 valence electrons. The summed E-state index contributed by atoms with van der Waals surface area (Å²) >= 11 is 5.93. The molecular weight excluding hydrogens is 214 g/mol. The Hall–Kier alpha value is -1.61. The van der Waals surface area contributed by atoms with Crippen LogP contribution in [0.5, 0.6) is 0 Å². The molecule has 0 bridgehead atoms. The lowest BCUT2D eigenvalue weighted by molar-refractivity contribution is 0.0698. The molecule has 1 aromatic heterocycles. The average Bonchev–Trinajstić information content (AvgIpc) is 2.17. The summed E-state index contributed by atoms with van der Waals surface area (Å²) in [4.78, 5) is 15.1. The number of nitrogens with zero attached hydrogens (tertiary/aromatic N) is 1. The third-order valence-electron chi connectivity index (χ3n) is 2.26. The van der Waals surface area contributed by atoms with E-state index in [1.807, 2.05) is 0 Å². The second-order valence-corrected chi connectivity index (χ2v) is 3.57. The lowest BCUT2D eigenvalue weighted by Crippen LogP contribution is -2.03. The number of halogens is 1. The Morgan fingerprint density at radius 3 is 2.53 bits per heavy atom. The van der Waals surface area contributed by atoms with E-state index >= 15 is 0 Å². The summed E-state index contributed by atoms with van der Waals surface area (Å²) in [6.07, 6.45) is 0. The van der Waals surface area contributed by atoms with E-state index in [1.165, 1.54) is 0 Å². The van der Waals surface area contributed by atoms with Crippen molar-refractivity contribution < 1.29 is 9.90 Å². The third-order valence-corrected chi connectivity index (χ3v) is 2.55. The van der Waals surface area contributed by atoms with Crippen molar-refractivity contribution >= 4 is 28.3 Å². The zero-order chi connectivity index (χ0) is 11.0.